The molecule has 4 rings (SSSR count). The van der Waals surface area contributed by atoms with Gasteiger partial charge in [0.2, 0.25) is 0 Å². The normalized spacial score (nSPS) is 16.9. The van der Waals surface area contributed by atoms with Crippen molar-refractivity contribution < 1.29 is 9.18 Å². The molecule has 1 aliphatic rings. The minimum Gasteiger partial charge on any atom is -0.272 e. The van der Waals surface area contributed by atoms with E-state index in [0.717, 1.165) is 11.1 Å². The Labute approximate surface area is 146 Å². The van der Waals surface area contributed by atoms with Gasteiger partial charge in [0.25, 0.3) is 5.91 Å². The molecule has 1 atom stereocenters. The predicted molar refractivity (Wildman–Crippen MR) is 90.7 cm³/mol. The highest BCUT2D eigenvalue weighted by Gasteiger charge is 2.30. The molecular formula is C17H11ClFN3OS. The molecule has 3 aromatic rings. The van der Waals surface area contributed by atoms with Crippen molar-refractivity contribution in [2.75, 3.05) is 0 Å². The van der Waals surface area contributed by atoms with Crippen LogP contribution >= 0.6 is 23.4 Å². The molecule has 24 heavy (non-hydrogen) atoms. The number of rotatable bonds is 2. The molecule has 7 heteroatoms. The van der Waals surface area contributed by atoms with Crippen LogP contribution in [0.5, 0.6) is 0 Å². The van der Waals surface area contributed by atoms with Crippen molar-refractivity contribution in [1.29, 1.82) is 0 Å². The minimum absolute atomic E-state index is 0.147. The fourth-order valence-electron chi connectivity index (χ4n) is 2.56. The first-order chi connectivity index (χ1) is 11.6. The summed E-state index contributed by atoms with van der Waals surface area (Å²) in [5.41, 5.74) is 1.56. The molecule has 0 saturated carbocycles. The van der Waals surface area contributed by atoms with E-state index in [4.69, 9.17) is 11.6 Å². The van der Waals surface area contributed by atoms with Gasteiger partial charge in [0.1, 0.15) is 5.82 Å². The SMILES string of the molecule is O=C1CC(c2cccc(F)c2)Sc2nc(-c3ccc(Cl)cc3)nn21. The molecule has 0 aliphatic carbocycles. The number of aromatic nitrogens is 3. The van der Waals surface area contributed by atoms with Crippen LogP contribution in [-0.2, 0) is 0 Å². The molecule has 2 heterocycles. The molecule has 0 spiro atoms. The maximum atomic E-state index is 13.4. The Hall–Kier alpha value is -2.18. The Bertz CT molecular complexity index is 926. The van der Waals surface area contributed by atoms with Crippen molar-refractivity contribution in [2.24, 2.45) is 0 Å². The van der Waals surface area contributed by atoms with Crippen LogP contribution in [0.25, 0.3) is 11.4 Å². The number of halogens is 2. The first kappa shape index (κ1) is 15.4. The Balaban J connectivity index is 1.68. The molecule has 0 fully saturated rings. The summed E-state index contributed by atoms with van der Waals surface area (Å²) >= 11 is 7.31. The number of fused-ring (bicyclic) bond motifs is 1. The summed E-state index contributed by atoms with van der Waals surface area (Å²) in [5, 5.41) is 5.27. The van der Waals surface area contributed by atoms with Crippen molar-refractivity contribution in [3.05, 3.63) is 64.9 Å². The molecule has 1 aromatic heterocycles. The Morgan fingerprint density at radius 2 is 2.00 bits per heavy atom. The maximum absolute atomic E-state index is 13.4. The fraction of sp³-hybridized carbons (Fsp3) is 0.118. The van der Waals surface area contributed by atoms with E-state index in [1.54, 1.807) is 18.2 Å². The molecular weight excluding hydrogens is 349 g/mol. The fourth-order valence-corrected chi connectivity index (χ4v) is 3.84. The lowest BCUT2D eigenvalue weighted by molar-refractivity contribution is 0.0868. The molecule has 1 aliphatic heterocycles. The van der Waals surface area contributed by atoms with Crippen molar-refractivity contribution >= 4 is 29.3 Å². The van der Waals surface area contributed by atoms with Crippen molar-refractivity contribution in [3.63, 3.8) is 0 Å². The van der Waals surface area contributed by atoms with Crippen LogP contribution in [0.2, 0.25) is 5.02 Å². The molecule has 0 saturated heterocycles. The summed E-state index contributed by atoms with van der Waals surface area (Å²) in [4.78, 5) is 16.8. The van der Waals surface area contributed by atoms with Gasteiger partial charge in [-0.05, 0) is 42.0 Å². The van der Waals surface area contributed by atoms with Crippen LogP contribution in [0.4, 0.5) is 4.39 Å². The summed E-state index contributed by atoms with van der Waals surface area (Å²) < 4.78 is 14.8. The molecule has 0 amide bonds. The maximum Gasteiger partial charge on any atom is 0.250 e. The summed E-state index contributed by atoms with van der Waals surface area (Å²) in [7, 11) is 0. The number of nitrogens with zero attached hydrogens (tertiary/aromatic N) is 3. The quantitative estimate of drug-likeness (QED) is 0.670. The van der Waals surface area contributed by atoms with E-state index in [-0.39, 0.29) is 23.4 Å². The van der Waals surface area contributed by atoms with E-state index < -0.39 is 0 Å². The van der Waals surface area contributed by atoms with Gasteiger partial charge in [-0.25, -0.2) is 9.37 Å². The second kappa shape index (κ2) is 6.03. The van der Waals surface area contributed by atoms with E-state index in [1.165, 1.54) is 28.6 Å². The topological polar surface area (TPSA) is 47.8 Å². The third-order valence-electron chi connectivity index (χ3n) is 3.74. The third-order valence-corrected chi connectivity index (χ3v) is 5.19. The van der Waals surface area contributed by atoms with E-state index in [2.05, 4.69) is 10.1 Å². The number of hydrogen-bond donors (Lipinski definition) is 0. The van der Waals surface area contributed by atoms with Crippen LogP contribution < -0.4 is 0 Å². The monoisotopic (exact) mass is 359 g/mol. The van der Waals surface area contributed by atoms with Gasteiger partial charge < -0.3 is 0 Å². The standard InChI is InChI=1S/C17H11ClFN3OS/c18-12-6-4-10(5-7-12)16-20-17-22(21-16)15(23)9-14(24-17)11-2-1-3-13(19)8-11/h1-8,14H,9H2. The summed E-state index contributed by atoms with van der Waals surface area (Å²) in [6.45, 7) is 0. The molecule has 2 aromatic carbocycles. The smallest absolute Gasteiger partial charge is 0.250 e. The van der Waals surface area contributed by atoms with Gasteiger partial charge in [0.05, 0.1) is 0 Å². The number of carbonyl (C=O) groups is 1. The lowest BCUT2D eigenvalue weighted by Crippen LogP contribution is -2.21. The lowest BCUT2D eigenvalue weighted by Gasteiger charge is -2.20. The molecule has 1 unspecified atom stereocenters. The van der Waals surface area contributed by atoms with Crippen LogP contribution in [-0.4, -0.2) is 20.7 Å². The zero-order chi connectivity index (χ0) is 16.7. The van der Waals surface area contributed by atoms with Crippen LogP contribution in [0, 0.1) is 5.82 Å². The highest BCUT2D eigenvalue weighted by Crippen LogP contribution is 2.41. The largest absolute Gasteiger partial charge is 0.272 e. The number of benzene rings is 2. The van der Waals surface area contributed by atoms with E-state index in [0.29, 0.717) is 16.0 Å². The summed E-state index contributed by atoms with van der Waals surface area (Å²) in [6, 6.07) is 13.4. The van der Waals surface area contributed by atoms with Gasteiger partial charge in [0, 0.05) is 22.3 Å². The number of thioether (sulfide) groups is 1. The van der Waals surface area contributed by atoms with Gasteiger partial charge in [-0.3, -0.25) is 4.79 Å². The number of hydrogen-bond acceptors (Lipinski definition) is 4. The highest BCUT2D eigenvalue weighted by molar-refractivity contribution is 7.99. The van der Waals surface area contributed by atoms with Gasteiger partial charge in [0.15, 0.2) is 11.0 Å². The second-order valence-electron chi connectivity index (χ2n) is 5.40. The second-order valence-corrected chi connectivity index (χ2v) is 7.00. The first-order valence-electron chi connectivity index (χ1n) is 7.28. The van der Waals surface area contributed by atoms with Gasteiger partial charge in [-0.2, -0.15) is 4.68 Å². The summed E-state index contributed by atoms with van der Waals surface area (Å²) in [5.74, 6) is 0.0163. The molecule has 0 bridgehead atoms. The molecule has 0 radical (unpaired) electrons. The molecule has 120 valence electrons. The van der Waals surface area contributed by atoms with Crippen LogP contribution in [0.15, 0.2) is 53.7 Å². The average molecular weight is 360 g/mol. The van der Waals surface area contributed by atoms with Crippen LogP contribution in [0.1, 0.15) is 22.0 Å². The zero-order valence-electron chi connectivity index (χ0n) is 12.3. The van der Waals surface area contributed by atoms with Crippen molar-refractivity contribution in [3.8, 4) is 11.4 Å². The molecule has 0 N–H and O–H groups in total. The Morgan fingerprint density at radius 3 is 2.75 bits per heavy atom. The molecule has 4 nitrogen and oxygen atoms in total. The number of carbonyl (C=O) groups excluding carboxylic acids is 1. The van der Waals surface area contributed by atoms with E-state index in [1.807, 2.05) is 18.2 Å². The van der Waals surface area contributed by atoms with E-state index >= 15 is 0 Å². The zero-order valence-corrected chi connectivity index (χ0v) is 13.9. The summed E-state index contributed by atoms with van der Waals surface area (Å²) in [6.07, 6.45) is 0.255. The van der Waals surface area contributed by atoms with Crippen LogP contribution in [0.3, 0.4) is 0 Å². The highest BCUT2D eigenvalue weighted by atomic mass is 35.5. The third kappa shape index (κ3) is 2.83. The van der Waals surface area contributed by atoms with Crippen molar-refractivity contribution in [1.82, 2.24) is 14.8 Å². The predicted octanol–water partition coefficient (Wildman–Crippen LogP) is 4.61. The average Bonchev–Trinajstić information content (AvgIpc) is 3.00. The van der Waals surface area contributed by atoms with Gasteiger partial charge in [-0.1, -0.05) is 35.5 Å². The minimum atomic E-state index is -0.311. The Morgan fingerprint density at radius 1 is 1.21 bits per heavy atom. The van der Waals surface area contributed by atoms with Gasteiger partial charge in [-0.15, -0.1) is 5.10 Å². The lowest BCUT2D eigenvalue weighted by atomic mass is 10.1. The first-order valence-corrected chi connectivity index (χ1v) is 8.54. The van der Waals surface area contributed by atoms with Crippen molar-refractivity contribution in [2.45, 2.75) is 16.8 Å². The van der Waals surface area contributed by atoms with E-state index in [9.17, 15) is 9.18 Å². The Kier molecular flexibility index (Phi) is 3.86. The van der Waals surface area contributed by atoms with Gasteiger partial charge >= 0.3 is 0 Å².